The number of carboxylic acid groups (broad SMARTS) is 1. The van der Waals surface area contributed by atoms with Gasteiger partial charge in [-0.25, -0.2) is 0 Å². The van der Waals surface area contributed by atoms with Crippen molar-refractivity contribution < 1.29 is 14.6 Å². The van der Waals surface area contributed by atoms with Crippen LogP contribution in [0.1, 0.15) is 38.7 Å². The Balaban J connectivity index is 2.83. The SMILES string of the molecule is CCOc1ccccc1C(C)C(C)CC(CN)C(=O)O. The molecule has 0 spiro atoms. The molecule has 0 bridgehead atoms. The minimum absolute atomic E-state index is 0.180. The first-order valence-electron chi connectivity index (χ1n) is 7.15. The predicted octanol–water partition coefficient (Wildman–Crippen LogP) is 2.87. The summed E-state index contributed by atoms with van der Waals surface area (Å²) in [6.45, 7) is 6.94. The Kier molecular flexibility index (Phi) is 6.52. The highest BCUT2D eigenvalue weighted by Crippen LogP contribution is 2.34. The third-order valence-corrected chi connectivity index (χ3v) is 3.85. The van der Waals surface area contributed by atoms with Gasteiger partial charge in [-0.05, 0) is 36.8 Å². The molecule has 0 saturated heterocycles. The fourth-order valence-electron chi connectivity index (χ4n) is 2.40. The summed E-state index contributed by atoms with van der Waals surface area (Å²) in [6, 6.07) is 7.94. The average molecular weight is 279 g/mol. The second-order valence-electron chi connectivity index (χ2n) is 5.24. The number of carbonyl (C=O) groups is 1. The number of carboxylic acids is 1. The zero-order valence-corrected chi connectivity index (χ0v) is 12.5. The predicted molar refractivity (Wildman–Crippen MR) is 80.0 cm³/mol. The molecule has 0 heterocycles. The summed E-state index contributed by atoms with van der Waals surface area (Å²) >= 11 is 0. The van der Waals surface area contributed by atoms with Crippen molar-refractivity contribution in [1.29, 1.82) is 0 Å². The Labute approximate surface area is 120 Å². The van der Waals surface area contributed by atoms with Gasteiger partial charge in [0.25, 0.3) is 0 Å². The van der Waals surface area contributed by atoms with E-state index in [2.05, 4.69) is 13.8 Å². The van der Waals surface area contributed by atoms with E-state index >= 15 is 0 Å². The maximum absolute atomic E-state index is 11.1. The van der Waals surface area contributed by atoms with Crippen molar-refractivity contribution in [3.8, 4) is 5.75 Å². The lowest BCUT2D eigenvalue weighted by molar-refractivity contribution is -0.142. The molecule has 3 unspecified atom stereocenters. The Morgan fingerprint density at radius 3 is 2.55 bits per heavy atom. The molecule has 0 aliphatic carbocycles. The molecule has 0 fully saturated rings. The summed E-state index contributed by atoms with van der Waals surface area (Å²) in [5, 5.41) is 9.11. The minimum atomic E-state index is -0.815. The van der Waals surface area contributed by atoms with Gasteiger partial charge < -0.3 is 15.6 Å². The summed E-state index contributed by atoms with van der Waals surface area (Å²) in [5.41, 5.74) is 6.66. The molecule has 112 valence electrons. The molecule has 0 amide bonds. The van der Waals surface area contributed by atoms with Gasteiger partial charge in [-0.15, -0.1) is 0 Å². The first-order chi connectivity index (χ1) is 9.51. The van der Waals surface area contributed by atoms with Crippen LogP contribution in [0.4, 0.5) is 0 Å². The second kappa shape index (κ2) is 7.90. The third-order valence-electron chi connectivity index (χ3n) is 3.85. The molecule has 1 aromatic carbocycles. The normalized spacial score (nSPS) is 15.4. The van der Waals surface area contributed by atoms with E-state index in [1.165, 1.54) is 0 Å². The van der Waals surface area contributed by atoms with Crippen LogP contribution < -0.4 is 10.5 Å². The van der Waals surface area contributed by atoms with Crippen molar-refractivity contribution in [2.75, 3.05) is 13.2 Å². The molecule has 0 saturated carbocycles. The zero-order valence-electron chi connectivity index (χ0n) is 12.5. The van der Waals surface area contributed by atoms with Crippen LogP contribution >= 0.6 is 0 Å². The van der Waals surface area contributed by atoms with Gasteiger partial charge in [0.15, 0.2) is 0 Å². The number of rotatable bonds is 8. The molecule has 3 atom stereocenters. The van der Waals surface area contributed by atoms with Gasteiger partial charge in [-0.1, -0.05) is 32.0 Å². The van der Waals surface area contributed by atoms with Crippen LogP contribution in [0.3, 0.4) is 0 Å². The molecular formula is C16H25NO3. The average Bonchev–Trinajstić information content (AvgIpc) is 2.44. The van der Waals surface area contributed by atoms with E-state index in [0.717, 1.165) is 11.3 Å². The summed E-state index contributed by atoms with van der Waals surface area (Å²) in [6.07, 6.45) is 0.577. The van der Waals surface area contributed by atoms with Crippen molar-refractivity contribution in [2.24, 2.45) is 17.6 Å². The zero-order chi connectivity index (χ0) is 15.1. The maximum Gasteiger partial charge on any atom is 0.307 e. The second-order valence-corrected chi connectivity index (χ2v) is 5.24. The lowest BCUT2D eigenvalue weighted by atomic mass is 9.82. The van der Waals surface area contributed by atoms with Gasteiger partial charge in [-0.3, -0.25) is 4.79 Å². The van der Waals surface area contributed by atoms with Gasteiger partial charge in [-0.2, -0.15) is 0 Å². The largest absolute Gasteiger partial charge is 0.494 e. The number of benzene rings is 1. The highest BCUT2D eigenvalue weighted by Gasteiger charge is 2.24. The molecule has 0 radical (unpaired) electrons. The summed E-state index contributed by atoms with van der Waals surface area (Å²) in [7, 11) is 0. The minimum Gasteiger partial charge on any atom is -0.494 e. The van der Waals surface area contributed by atoms with E-state index in [4.69, 9.17) is 15.6 Å². The molecular weight excluding hydrogens is 254 g/mol. The molecule has 20 heavy (non-hydrogen) atoms. The summed E-state index contributed by atoms with van der Waals surface area (Å²) in [5.74, 6) is 0.0396. The van der Waals surface area contributed by atoms with Gasteiger partial charge in [0.05, 0.1) is 12.5 Å². The van der Waals surface area contributed by atoms with E-state index in [0.29, 0.717) is 13.0 Å². The van der Waals surface area contributed by atoms with Crippen molar-refractivity contribution in [1.82, 2.24) is 0 Å². The molecule has 0 aliphatic rings. The molecule has 0 aromatic heterocycles. The van der Waals surface area contributed by atoms with Gasteiger partial charge in [0.2, 0.25) is 0 Å². The molecule has 4 heteroatoms. The monoisotopic (exact) mass is 279 g/mol. The topological polar surface area (TPSA) is 72.5 Å². The summed E-state index contributed by atoms with van der Waals surface area (Å²) < 4.78 is 5.65. The van der Waals surface area contributed by atoms with Crippen molar-refractivity contribution in [2.45, 2.75) is 33.1 Å². The lowest BCUT2D eigenvalue weighted by Gasteiger charge is -2.24. The smallest absolute Gasteiger partial charge is 0.307 e. The number of aliphatic carboxylic acids is 1. The number of hydrogen-bond acceptors (Lipinski definition) is 3. The Bertz CT molecular complexity index is 433. The van der Waals surface area contributed by atoms with Gasteiger partial charge >= 0.3 is 5.97 Å². The van der Waals surface area contributed by atoms with Crippen LogP contribution in [0.2, 0.25) is 0 Å². The number of hydrogen-bond donors (Lipinski definition) is 2. The highest BCUT2D eigenvalue weighted by atomic mass is 16.5. The third kappa shape index (κ3) is 4.23. The van der Waals surface area contributed by atoms with Crippen LogP contribution in [-0.2, 0) is 4.79 Å². The van der Waals surface area contributed by atoms with E-state index in [1.54, 1.807) is 0 Å². The molecule has 3 N–H and O–H groups in total. The van der Waals surface area contributed by atoms with Crippen LogP contribution in [0.25, 0.3) is 0 Å². The fraction of sp³-hybridized carbons (Fsp3) is 0.562. The molecule has 0 aliphatic heterocycles. The first-order valence-corrected chi connectivity index (χ1v) is 7.15. The molecule has 1 rings (SSSR count). The van der Waals surface area contributed by atoms with Crippen LogP contribution in [-0.4, -0.2) is 24.2 Å². The number of nitrogens with two attached hydrogens (primary N) is 1. The van der Waals surface area contributed by atoms with Gasteiger partial charge in [0, 0.05) is 6.54 Å². The number of para-hydroxylation sites is 1. The van der Waals surface area contributed by atoms with Crippen LogP contribution in [0.5, 0.6) is 5.75 Å². The van der Waals surface area contributed by atoms with Crippen molar-refractivity contribution in [3.63, 3.8) is 0 Å². The number of ether oxygens (including phenoxy) is 1. The first kappa shape index (κ1) is 16.5. The van der Waals surface area contributed by atoms with Crippen molar-refractivity contribution in [3.05, 3.63) is 29.8 Å². The lowest BCUT2D eigenvalue weighted by Crippen LogP contribution is -2.26. The van der Waals surface area contributed by atoms with E-state index in [-0.39, 0.29) is 18.4 Å². The van der Waals surface area contributed by atoms with Crippen molar-refractivity contribution >= 4 is 5.97 Å². The quantitative estimate of drug-likeness (QED) is 0.767. The van der Waals surface area contributed by atoms with E-state index in [9.17, 15) is 4.79 Å². The fourth-order valence-corrected chi connectivity index (χ4v) is 2.40. The summed E-state index contributed by atoms with van der Waals surface area (Å²) in [4.78, 5) is 11.1. The molecule has 1 aromatic rings. The van der Waals surface area contributed by atoms with E-state index < -0.39 is 11.9 Å². The van der Waals surface area contributed by atoms with Crippen LogP contribution in [0.15, 0.2) is 24.3 Å². The van der Waals surface area contributed by atoms with Crippen LogP contribution in [0, 0.1) is 11.8 Å². The standard InChI is InChI=1S/C16H25NO3/c1-4-20-15-8-6-5-7-14(15)12(3)11(2)9-13(10-17)16(18)19/h5-8,11-13H,4,9-10,17H2,1-3H3,(H,18,19). The molecule has 4 nitrogen and oxygen atoms in total. The van der Waals surface area contributed by atoms with E-state index in [1.807, 2.05) is 31.2 Å². The highest BCUT2D eigenvalue weighted by molar-refractivity contribution is 5.70. The maximum atomic E-state index is 11.1. The Morgan fingerprint density at radius 1 is 1.35 bits per heavy atom. The Morgan fingerprint density at radius 2 is 2.00 bits per heavy atom. The van der Waals surface area contributed by atoms with Gasteiger partial charge in [0.1, 0.15) is 5.75 Å². The Hall–Kier alpha value is -1.55.